The van der Waals surface area contributed by atoms with Gasteiger partial charge in [0.05, 0.1) is 12.1 Å². The highest BCUT2D eigenvalue weighted by Gasteiger charge is 2.18. The third-order valence-electron chi connectivity index (χ3n) is 5.18. The molecule has 2 aromatic carbocycles. The molecule has 1 aliphatic heterocycles. The van der Waals surface area contributed by atoms with Crippen molar-refractivity contribution in [1.82, 2.24) is 9.88 Å². The molecule has 2 N–H and O–H groups in total. The normalized spacial score (nSPS) is 16.1. The Morgan fingerprint density at radius 3 is 2.72 bits per heavy atom. The second-order valence-electron chi connectivity index (χ2n) is 7.11. The van der Waals surface area contributed by atoms with Gasteiger partial charge in [-0.25, -0.2) is 0 Å². The van der Waals surface area contributed by atoms with Crippen molar-refractivity contribution in [3.8, 4) is 11.5 Å². The van der Waals surface area contributed by atoms with Gasteiger partial charge in [0, 0.05) is 24.2 Å². The molecule has 1 amide bonds. The first kappa shape index (κ1) is 19.3. The van der Waals surface area contributed by atoms with Gasteiger partial charge in [-0.1, -0.05) is 6.07 Å². The van der Waals surface area contributed by atoms with Gasteiger partial charge >= 0.3 is 0 Å². The molecule has 0 bridgehead atoms. The molecule has 0 radical (unpaired) electrons. The lowest BCUT2D eigenvalue weighted by atomic mass is 10.2. The number of carbonyl (C=O) groups excluding carboxylic acids is 1. The second-order valence-corrected chi connectivity index (χ2v) is 7.11. The van der Waals surface area contributed by atoms with E-state index in [2.05, 4.69) is 10.6 Å². The van der Waals surface area contributed by atoms with Crippen LogP contribution in [0.25, 0.3) is 10.9 Å². The van der Waals surface area contributed by atoms with E-state index in [1.807, 2.05) is 66.9 Å². The number of amides is 1. The van der Waals surface area contributed by atoms with Gasteiger partial charge in [-0.15, -0.1) is 0 Å². The number of aryl methyl sites for hydroxylation is 1. The molecule has 1 atom stereocenters. The first-order valence-electron chi connectivity index (χ1n) is 10.2. The number of carbonyl (C=O) groups is 1. The summed E-state index contributed by atoms with van der Waals surface area (Å²) in [5.41, 5.74) is 2.36. The van der Waals surface area contributed by atoms with Crippen molar-refractivity contribution in [2.75, 3.05) is 25.0 Å². The molecule has 6 nitrogen and oxygen atoms in total. The first-order chi connectivity index (χ1) is 14.2. The lowest BCUT2D eigenvalue weighted by molar-refractivity contribution is 0.101. The van der Waals surface area contributed by atoms with Crippen molar-refractivity contribution in [1.29, 1.82) is 0 Å². The van der Waals surface area contributed by atoms with Gasteiger partial charge in [-0.2, -0.15) is 0 Å². The summed E-state index contributed by atoms with van der Waals surface area (Å²) in [4.78, 5) is 13.0. The van der Waals surface area contributed by atoms with Crippen LogP contribution in [0.2, 0.25) is 0 Å². The Balaban J connectivity index is 1.53. The predicted molar refractivity (Wildman–Crippen MR) is 115 cm³/mol. The zero-order valence-corrected chi connectivity index (χ0v) is 16.9. The molecule has 29 heavy (non-hydrogen) atoms. The fraction of sp³-hybridized carbons (Fsp3) is 0.348. The van der Waals surface area contributed by atoms with Crippen LogP contribution < -0.4 is 20.1 Å². The monoisotopic (exact) mass is 393 g/mol. The van der Waals surface area contributed by atoms with Gasteiger partial charge in [-0.3, -0.25) is 4.79 Å². The molecule has 6 heteroatoms. The molecule has 3 aromatic rings. The number of aromatic nitrogens is 1. The lowest BCUT2D eigenvalue weighted by Crippen LogP contribution is -2.19. The van der Waals surface area contributed by atoms with Gasteiger partial charge in [0.25, 0.3) is 5.91 Å². The van der Waals surface area contributed by atoms with Crippen LogP contribution in [-0.4, -0.2) is 36.3 Å². The van der Waals surface area contributed by atoms with Crippen LogP contribution in [0.3, 0.4) is 0 Å². The molecule has 1 aliphatic rings. The fourth-order valence-electron chi connectivity index (χ4n) is 3.80. The molecule has 0 spiro atoms. The van der Waals surface area contributed by atoms with Crippen LogP contribution in [0.1, 0.15) is 30.8 Å². The molecule has 0 saturated carbocycles. The van der Waals surface area contributed by atoms with E-state index < -0.39 is 0 Å². The van der Waals surface area contributed by atoms with Crippen LogP contribution in [0.5, 0.6) is 11.5 Å². The van der Waals surface area contributed by atoms with E-state index in [4.69, 9.17) is 9.47 Å². The fourth-order valence-corrected chi connectivity index (χ4v) is 3.80. The van der Waals surface area contributed by atoms with Crippen molar-refractivity contribution < 1.29 is 14.3 Å². The topological polar surface area (TPSA) is 64.5 Å². The number of hydrogen-bond donors (Lipinski definition) is 2. The summed E-state index contributed by atoms with van der Waals surface area (Å²) in [7, 11) is 0. The largest absolute Gasteiger partial charge is 0.493 e. The molecule has 1 aromatic heterocycles. The van der Waals surface area contributed by atoms with Crippen molar-refractivity contribution in [3.05, 3.63) is 54.2 Å². The number of ether oxygens (including phenoxy) is 2. The highest BCUT2D eigenvalue weighted by molar-refractivity contribution is 6.07. The first-order valence-corrected chi connectivity index (χ1v) is 10.2. The molecule has 1 saturated heterocycles. The third-order valence-corrected chi connectivity index (χ3v) is 5.18. The Bertz CT molecular complexity index is 989. The number of benzene rings is 2. The van der Waals surface area contributed by atoms with Gasteiger partial charge in [0.15, 0.2) is 0 Å². The Morgan fingerprint density at radius 2 is 2.03 bits per heavy atom. The van der Waals surface area contributed by atoms with Crippen LogP contribution >= 0.6 is 0 Å². The minimum Gasteiger partial charge on any atom is -0.493 e. The molecular weight excluding hydrogens is 366 g/mol. The zero-order valence-electron chi connectivity index (χ0n) is 16.9. The summed E-state index contributed by atoms with van der Waals surface area (Å²) in [5.74, 6) is 1.48. The van der Waals surface area contributed by atoms with E-state index in [9.17, 15) is 4.79 Å². The predicted octanol–water partition coefficient (Wildman–Crippen LogP) is 4.05. The van der Waals surface area contributed by atoms with E-state index in [1.165, 1.54) is 0 Å². The van der Waals surface area contributed by atoms with E-state index in [1.54, 1.807) is 0 Å². The standard InChI is InChI=1S/C23H27N3O3/c1-3-26-20-6-5-7-22(28-4-2)19(20)14-21(26)23(27)25-16-8-10-17(11-9-16)29-18-12-13-24-15-18/h5-11,14,18,24H,3-4,12-13,15H2,1-2H3,(H,25,27). The average molecular weight is 393 g/mol. The Morgan fingerprint density at radius 1 is 1.21 bits per heavy atom. The smallest absolute Gasteiger partial charge is 0.272 e. The molecule has 2 heterocycles. The molecular formula is C23H27N3O3. The van der Waals surface area contributed by atoms with Gasteiger partial charge in [0.1, 0.15) is 23.3 Å². The molecule has 0 aliphatic carbocycles. The van der Waals surface area contributed by atoms with E-state index in [0.717, 1.165) is 47.6 Å². The number of hydrogen-bond acceptors (Lipinski definition) is 4. The summed E-state index contributed by atoms with van der Waals surface area (Å²) < 4.78 is 13.7. The SMILES string of the molecule is CCOc1cccc2c1cc(C(=O)Nc1ccc(OC3CCNC3)cc1)n2CC. The second kappa shape index (κ2) is 8.57. The molecule has 4 rings (SSSR count). The summed E-state index contributed by atoms with van der Waals surface area (Å²) in [6.45, 7) is 7.15. The number of nitrogens with zero attached hydrogens (tertiary/aromatic N) is 1. The van der Waals surface area contributed by atoms with Crippen LogP contribution in [0, 0.1) is 0 Å². The molecule has 1 fully saturated rings. The maximum absolute atomic E-state index is 13.0. The van der Waals surface area contributed by atoms with Gasteiger partial charge in [0.2, 0.25) is 0 Å². The third kappa shape index (κ3) is 4.07. The number of fused-ring (bicyclic) bond motifs is 1. The summed E-state index contributed by atoms with van der Waals surface area (Å²) in [5, 5.41) is 7.24. The van der Waals surface area contributed by atoms with Crippen LogP contribution in [0.4, 0.5) is 5.69 Å². The summed E-state index contributed by atoms with van der Waals surface area (Å²) >= 11 is 0. The summed E-state index contributed by atoms with van der Waals surface area (Å²) in [6.07, 6.45) is 1.24. The van der Waals surface area contributed by atoms with Crippen LogP contribution in [-0.2, 0) is 6.54 Å². The zero-order chi connectivity index (χ0) is 20.2. The quantitative estimate of drug-likeness (QED) is 0.636. The molecule has 152 valence electrons. The minimum absolute atomic E-state index is 0.140. The number of rotatable bonds is 7. The Kier molecular flexibility index (Phi) is 5.71. The van der Waals surface area contributed by atoms with Gasteiger partial charge < -0.3 is 24.7 Å². The maximum Gasteiger partial charge on any atom is 0.272 e. The Labute approximate surface area is 170 Å². The van der Waals surface area contributed by atoms with Crippen molar-refractivity contribution in [2.45, 2.75) is 32.9 Å². The lowest BCUT2D eigenvalue weighted by Gasteiger charge is -2.13. The van der Waals surface area contributed by atoms with Gasteiger partial charge in [-0.05, 0) is 69.3 Å². The van der Waals surface area contributed by atoms with Crippen LogP contribution in [0.15, 0.2) is 48.5 Å². The number of nitrogens with one attached hydrogen (secondary N) is 2. The molecule has 1 unspecified atom stereocenters. The maximum atomic E-state index is 13.0. The Hall–Kier alpha value is -2.99. The van der Waals surface area contributed by atoms with Crippen molar-refractivity contribution in [2.24, 2.45) is 0 Å². The highest BCUT2D eigenvalue weighted by atomic mass is 16.5. The van der Waals surface area contributed by atoms with E-state index in [0.29, 0.717) is 18.8 Å². The number of anilines is 1. The minimum atomic E-state index is -0.140. The van der Waals surface area contributed by atoms with E-state index in [-0.39, 0.29) is 12.0 Å². The highest BCUT2D eigenvalue weighted by Crippen LogP contribution is 2.29. The van der Waals surface area contributed by atoms with Crippen molar-refractivity contribution >= 4 is 22.5 Å². The summed E-state index contributed by atoms with van der Waals surface area (Å²) in [6, 6.07) is 15.4. The average Bonchev–Trinajstić information content (AvgIpc) is 3.37. The van der Waals surface area contributed by atoms with E-state index >= 15 is 0 Å². The van der Waals surface area contributed by atoms with Crippen molar-refractivity contribution in [3.63, 3.8) is 0 Å².